The van der Waals surface area contributed by atoms with Crippen molar-refractivity contribution in [3.63, 3.8) is 0 Å². The van der Waals surface area contributed by atoms with Gasteiger partial charge in [0.15, 0.2) is 0 Å². The molecule has 5 heteroatoms. The van der Waals surface area contributed by atoms with Crippen LogP contribution in [0.4, 0.5) is 5.82 Å². The fourth-order valence-corrected chi connectivity index (χ4v) is 1.58. The number of methoxy groups -OCH3 is 1. The predicted molar refractivity (Wildman–Crippen MR) is 65.0 cm³/mol. The SMILES string of the molecule is COC(=O)c1ccnc(NC(C)CC(C)O)c1. The maximum Gasteiger partial charge on any atom is 0.338 e. The minimum atomic E-state index is -0.390. The Hall–Kier alpha value is -1.62. The van der Waals surface area contributed by atoms with Crippen LogP contribution in [-0.2, 0) is 4.74 Å². The quantitative estimate of drug-likeness (QED) is 0.759. The number of ether oxygens (including phenoxy) is 1. The van der Waals surface area contributed by atoms with E-state index < -0.39 is 5.97 Å². The van der Waals surface area contributed by atoms with E-state index in [0.717, 1.165) is 0 Å². The van der Waals surface area contributed by atoms with Gasteiger partial charge in [0.1, 0.15) is 5.82 Å². The van der Waals surface area contributed by atoms with Crippen LogP contribution in [0.5, 0.6) is 0 Å². The summed E-state index contributed by atoms with van der Waals surface area (Å²) >= 11 is 0. The smallest absolute Gasteiger partial charge is 0.338 e. The Labute approximate surface area is 101 Å². The molecule has 0 radical (unpaired) electrons. The Morgan fingerprint density at radius 2 is 2.29 bits per heavy atom. The van der Waals surface area contributed by atoms with Crippen molar-refractivity contribution >= 4 is 11.8 Å². The lowest BCUT2D eigenvalue weighted by atomic mass is 10.1. The molecule has 5 nitrogen and oxygen atoms in total. The van der Waals surface area contributed by atoms with Gasteiger partial charge in [-0.1, -0.05) is 0 Å². The van der Waals surface area contributed by atoms with Crippen molar-refractivity contribution in [1.82, 2.24) is 4.98 Å². The summed E-state index contributed by atoms with van der Waals surface area (Å²) < 4.78 is 4.63. The summed E-state index contributed by atoms with van der Waals surface area (Å²) in [7, 11) is 1.34. The second kappa shape index (κ2) is 6.20. The molecule has 0 saturated carbocycles. The highest BCUT2D eigenvalue weighted by molar-refractivity contribution is 5.89. The minimum Gasteiger partial charge on any atom is -0.465 e. The second-order valence-electron chi connectivity index (χ2n) is 4.05. The third-order valence-electron chi connectivity index (χ3n) is 2.27. The number of anilines is 1. The molecule has 94 valence electrons. The van der Waals surface area contributed by atoms with E-state index in [-0.39, 0.29) is 12.1 Å². The number of aromatic nitrogens is 1. The van der Waals surface area contributed by atoms with Gasteiger partial charge in [-0.2, -0.15) is 0 Å². The van der Waals surface area contributed by atoms with Crippen LogP contribution in [0.2, 0.25) is 0 Å². The van der Waals surface area contributed by atoms with Gasteiger partial charge in [-0.05, 0) is 32.4 Å². The maximum atomic E-state index is 11.3. The fourth-order valence-electron chi connectivity index (χ4n) is 1.58. The molecule has 1 aromatic heterocycles. The highest BCUT2D eigenvalue weighted by Gasteiger charge is 2.09. The molecule has 0 saturated heterocycles. The number of carbonyl (C=O) groups is 1. The van der Waals surface area contributed by atoms with Crippen molar-refractivity contribution < 1.29 is 14.6 Å². The van der Waals surface area contributed by atoms with Crippen LogP contribution in [0.15, 0.2) is 18.3 Å². The van der Waals surface area contributed by atoms with E-state index in [1.807, 2.05) is 6.92 Å². The first-order valence-corrected chi connectivity index (χ1v) is 5.52. The Morgan fingerprint density at radius 1 is 1.59 bits per heavy atom. The third-order valence-corrected chi connectivity index (χ3v) is 2.27. The summed E-state index contributed by atoms with van der Waals surface area (Å²) in [5, 5.41) is 12.4. The van der Waals surface area contributed by atoms with E-state index in [4.69, 9.17) is 0 Å². The van der Waals surface area contributed by atoms with E-state index in [1.165, 1.54) is 7.11 Å². The summed E-state index contributed by atoms with van der Waals surface area (Å²) in [6, 6.07) is 3.30. The van der Waals surface area contributed by atoms with E-state index in [9.17, 15) is 9.90 Å². The molecule has 0 aromatic carbocycles. The van der Waals surface area contributed by atoms with E-state index in [0.29, 0.717) is 17.8 Å². The molecule has 1 rings (SSSR count). The molecule has 0 aliphatic carbocycles. The van der Waals surface area contributed by atoms with Crippen LogP contribution in [0.25, 0.3) is 0 Å². The summed E-state index contributed by atoms with van der Waals surface area (Å²) in [4.78, 5) is 15.4. The first-order valence-electron chi connectivity index (χ1n) is 5.52. The normalized spacial score (nSPS) is 13.9. The fraction of sp³-hybridized carbons (Fsp3) is 0.500. The van der Waals surface area contributed by atoms with E-state index >= 15 is 0 Å². The van der Waals surface area contributed by atoms with Gasteiger partial charge in [0.25, 0.3) is 0 Å². The summed E-state index contributed by atoms with van der Waals surface area (Å²) in [6.45, 7) is 3.68. The topological polar surface area (TPSA) is 71.5 Å². The number of rotatable bonds is 5. The predicted octanol–water partition coefficient (Wildman–Crippen LogP) is 1.44. The van der Waals surface area contributed by atoms with Gasteiger partial charge in [-0.3, -0.25) is 0 Å². The van der Waals surface area contributed by atoms with Gasteiger partial charge in [-0.15, -0.1) is 0 Å². The number of aliphatic hydroxyl groups is 1. The van der Waals surface area contributed by atoms with Gasteiger partial charge in [-0.25, -0.2) is 9.78 Å². The summed E-state index contributed by atoms with van der Waals surface area (Å²) in [5.41, 5.74) is 0.453. The molecule has 0 fully saturated rings. The molecule has 17 heavy (non-hydrogen) atoms. The second-order valence-corrected chi connectivity index (χ2v) is 4.05. The van der Waals surface area contributed by atoms with Gasteiger partial charge in [0, 0.05) is 12.2 Å². The summed E-state index contributed by atoms with van der Waals surface area (Å²) in [5.74, 6) is 0.208. The van der Waals surface area contributed by atoms with Crippen LogP contribution >= 0.6 is 0 Å². The van der Waals surface area contributed by atoms with Gasteiger partial charge in [0.2, 0.25) is 0 Å². The Bertz CT molecular complexity index is 380. The molecule has 1 aromatic rings. The molecule has 0 amide bonds. The first-order chi connectivity index (χ1) is 8.02. The largest absolute Gasteiger partial charge is 0.465 e. The molecular formula is C12H18N2O3. The van der Waals surface area contributed by atoms with Crippen molar-refractivity contribution in [3.05, 3.63) is 23.9 Å². The van der Waals surface area contributed by atoms with Crippen molar-refractivity contribution in [1.29, 1.82) is 0 Å². The number of esters is 1. The number of aliphatic hydroxyl groups excluding tert-OH is 1. The van der Waals surface area contributed by atoms with Crippen LogP contribution in [-0.4, -0.2) is 35.3 Å². The molecule has 0 aliphatic rings. The highest BCUT2D eigenvalue weighted by atomic mass is 16.5. The maximum absolute atomic E-state index is 11.3. The third kappa shape index (κ3) is 4.40. The molecule has 0 aliphatic heterocycles. The Kier molecular flexibility index (Phi) is 4.90. The number of pyridine rings is 1. The Morgan fingerprint density at radius 3 is 2.88 bits per heavy atom. The molecule has 0 bridgehead atoms. The van der Waals surface area contributed by atoms with Crippen LogP contribution in [0.3, 0.4) is 0 Å². The molecular weight excluding hydrogens is 220 g/mol. The van der Waals surface area contributed by atoms with Crippen molar-refractivity contribution in [3.8, 4) is 0 Å². The lowest BCUT2D eigenvalue weighted by Gasteiger charge is -2.16. The average Bonchev–Trinajstić information content (AvgIpc) is 2.27. The van der Waals surface area contributed by atoms with Crippen LogP contribution < -0.4 is 5.32 Å². The lowest BCUT2D eigenvalue weighted by Crippen LogP contribution is -2.21. The highest BCUT2D eigenvalue weighted by Crippen LogP contribution is 2.11. The number of nitrogens with zero attached hydrogens (tertiary/aromatic N) is 1. The zero-order chi connectivity index (χ0) is 12.8. The number of carbonyl (C=O) groups excluding carboxylic acids is 1. The molecule has 2 N–H and O–H groups in total. The zero-order valence-electron chi connectivity index (χ0n) is 10.3. The summed E-state index contributed by atoms with van der Waals surface area (Å²) in [6.07, 6.45) is 1.79. The Balaban J connectivity index is 2.68. The number of hydrogen-bond donors (Lipinski definition) is 2. The minimum absolute atomic E-state index is 0.0791. The van der Waals surface area contributed by atoms with Gasteiger partial charge < -0.3 is 15.2 Å². The van der Waals surface area contributed by atoms with Crippen molar-refractivity contribution in [2.75, 3.05) is 12.4 Å². The zero-order valence-corrected chi connectivity index (χ0v) is 10.3. The molecule has 0 spiro atoms. The molecule has 2 atom stereocenters. The van der Waals surface area contributed by atoms with Crippen LogP contribution in [0, 0.1) is 0 Å². The van der Waals surface area contributed by atoms with Gasteiger partial charge >= 0.3 is 5.97 Å². The van der Waals surface area contributed by atoms with Gasteiger partial charge in [0.05, 0.1) is 18.8 Å². The number of hydrogen-bond acceptors (Lipinski definition) is 5. The van der Waals surface area contributed by atoms with Crippen LogP contribution in [0.1, 0.15) is 30.6 Å². The molecule has 1 heterocycles. The monoisotopic (exact) mass is 238 g/mol. The number of nitrogens with one attached hydrogen (secondary N) is 1. The first kappa shape index (κ1) is 13.4. The average molecular weight is 238 g/mol. The standard InChI is InChI=1S/C12H18N2O3/c1-8(6-9(2)15)14-11-7-10(4-5-13-11)12(16)17-3/h4-5,7-9,15H,6H2,1-3H3,(H,13,14). The van der Waals surface area contributed by atoms with Crippen molar-refractivity contribution in [2.24, 2.45) is 0 Å². The van der Waals surface area contributed by atoms with E-state index in [1.54, 1.807) is 25.3 Å². The lowest BCUT2D eigenvalue weighted by molar-refractivity contribution is 0.0600. The molecule has 2 unspecified atom stereocenters. The van der Waals surface area contributed by atoms with Crippen molar-refractivity contribution in [2.45, 2.75) is 32.4 Å². The van der Waals surface area contributed by atoms with E-state index in [2.05, 4.69) is 15.0 Å².